The Morgan fingerprint density at radius 1 is 0.797 bits per heavy atom. The molecule has 370 valence electrons. The number of aliphatic imine (C=N–C) groups is 1. The summed E-state index contributed by atoms with van der Waals surface area (Å²) in [6.07, 6.45) is 5.22. The summed E-state index contributed by atoms with van der Waals surface area (Å²) in [5, 5.41) is 5.46. The summed E-state index contributed by atoms with van der Waals surface area (Å²) < 4.78 is 18.2. The van der Waals surface area contributed by atoms with Crippen LogP contribution in [-0.2, 0) is 33.4 Å². The van der Waals surface area contributed by atoms with Gasteiger partial charge in [-0.3, -0.25) is 9.59 Å². The van der Waals surface area contributed by atoms with Crippen LogP contribution in [0.3, 0.4) is 0 Å². The molecule has 1 aromatic heterocycles. The van der Waals surface area contributed by atoms with E-state index in [-0.39, 0.29) is 77.1 Å². The number of nitrogens with one attached hydrogen (secondary N) is 3. The Balaban J connectivity index is 1.51. The zero-order chi connectivity index (χ0) is 50.3. The number of amidine groups is 1. The minimum Gasteiger partial charge on any atom is -0.462 e. The number of aromatic amines is 1. The first-order chi connectivity index (χ1) is 32.6. The summed E-state index contributed by atoms with van der Waals surface area (Å²) in [4.78, 5) is 78.2. The highest BCUT2D eigenvalue weighted by molar-refractivity contribution is 8.00. The maximum absolute atomic E-state index is 15.0. The van der Waals surface area contributed by atoms with E-state index in [1.165, 1.54) is 11.8 Å². The minimum atomic E-state index is -0.833. The van der Waals surface area contributed by atoms with E-state index < -0.39 is 28.6 Å². The molecule has 13 heteroatoms. The Kier molecular flexibility index (Phi) is 17.4. The van der Waals surface area contributed by atoms with Crippen LogP contribution in [0.4, 0.5) is 5.82 Å². The van der Waals surface area contributed by atoms with Crippen molar-refractivity contribution >= 4 is 64.8 Å². The van der Waals surface area contributed by atoms with E-state index in [4.69, 9.17) is 19.2 Å². The number of esters is 3. The highest BCUT2D eigenvalue weighted by Gasteiger charge is 2.41. The molecule has 0 bridgehead atoms. The fourth-order valence-corrected chi connectivity index (χ4v) is 11.0. The van der Waals surface area contributed by atoms with Crippen LogP contribution >= 0.6 is 11.8 Å². The lowest BCUT2D eigenvalue weighted by atomic mass is 9.75. The molecule has 6 rings (SSSR count). The van der Waals surface area contributed by atoms with Crippen molar-refractivity contribution in [1.29, 1.82) is 0 Å². The number of H-pyrrole nitrogens is 1. The second-order valence-corrected chi connectivity index (χ2v) is 22.4. The Hall–Kier alpha value is -5.69. The van der Waals surface area contributed by atoms with E-state index in [1.54, 1.807) is 40.7 Å². The third-order valence-electron chi connectivity index (χ3n) is 13.4. The number of hydrogen-bond acceptors (Lipinski definition) is 10. The van der Waals surface area contributed by atoms with Crippen LogP contribution in [0.25, 0.3) is 22.8 Å². The number of rotatable bonds is 15. The summed E-state index contributed by atoms with van der Waals surface area (Å²) in [7, 11) is 0. The molecule has 2 fully saturated rings. The van der Waals surface area contributed by atoms with Gasteiger partial charge in [0.15, 0.2) is 0 Å². The smallest absolute Gasteiger partial charge is 0.342 e. The van der Waals surface area contributed by atoms with Gasteiger partial charge in [0.05, 0.1) is 23.2 Å². The summed E-state index contributed by atoms with van der Waals surface area (Å²) in [6.45, 7) is 25.5. The number of thioether (sulfide) groups is 1. The molecule has 0 saturated heterocycles. The van der Waals surface area contributed by atoms with Gasteiger partial charge in [0.2, 0.25) is 11.8 Å². The van der Waals surface area contributed by atoms with Crippen LogP contribution in [0.15, 0.2) is 89.1 Å². The van der Waals surface area contributed by atoms with E-state index in [9.17, 15) is 24.0 Å². The van der Waals surface area contributed by atoms with Crippen molar-refractivity contribution in [3.05, 3.63) is 101 Å². The first-order valence-electron chi connectivity index (χ1n) is 24.5. The number of amides is 2. The molecule has 2 aromatic carbocycles. The number of carbonyl (C=O) groups excluding carboxylic acids is 5. The summed E-state index contributed by atoms with van der Waals surface area (Å²) >= 11 is 1.39. The van der Waals surface area contributed by atoms with E-state index >= 15 is 0 Å². The predicted octanol–water partition coefficient (Wildman–Crippen LogP) is 11.5. The molecule has 3 aromatic rings. The van der Waals surface area contributed by atoms with Gasteiger partial charge in [-0.1, -0.05) is 130 Å². The topological polar surface area (TPSA) is 165 Å². The number of carbonyl (C=O) groups is 5. The van der Waals surface area contributed by atoms with Gasteiger partial charge < -0.3 is 29.8 Å². The van der Waals surface area contributed by atoms with Gasteiger partial charge in [0, 0.05) is 22.1 Å². The van der Waals surface area contributed by atoms with E-state index in [1.807, 2.05) is 60.7 Å². The predicted molar refractivity (Wildman–Crippen MR) is 276 cm³/mol. The Bertz CT molecular complexity index is 2460. The molecule has 2 heterocycles. The number of anilines is 1. The van der Waals surface area contributed by atoms with Crippen molar-refractivity contribution in [1.82, 2.24) is 10.3 Å². The van der Waals surface area contributed by atoms with Crippen molar-refractivity contribution in [3.63, 3.8) is 0 Å². The third kappa shape index (κ3) is 12.9. The molecule has 2 amide bonds. The summed E-state index contributed by atoms with van der Waals surface area (Å²) in [5.41, 5.74) is 2.72. The Morgan fingerprint density at radius 3 is 1.84 bits per heavy atom. The summed E-state index contributed by atoms with van der Waals surface area (Å²) in [6, 6.07) is 18.8. The number of aromatic nitrogens is 1. The van der Waals surface area contributed by atoms with Crippen LogP contribution < -0.4 is 10.6 Å². The van der Waals surface area contributed by atoms with Crippen LogP contribution in [0.2, 0.25) is 0 Å². The van der Waals surface area contributed by atoms with Gasteiger partial charge in [-0.2, -0.15) is 0 Å². The van der Waals surface area contributed by atoms with Gasteiger partial charge >= 0.3 is 17.9 Å². The van der Waals surface area contributed by atoms with Crippen molar-refractivity contribution in [2.24, 2.45) is 45.9 Å². The fraction of sp³-hybridized carbons (Fsp3) is 0.500. The summed E-state index contributed by atoms with van der Waals surface area (Å²) in [5.74, 6) is -0.194. The van der Waals surface area contributed by atoms with Gasteiger partial charge in [-0.05, 0) is 104 Å². The molecular weight excluding hydrogens is 889 g/mol. The van der Waals surface area contributed by atoms with Crippen LogP contribution in [0, 0.1) is 40.9 Å². The SMILES string of the molecule is C=C(C)C(=O)OCCCSC(C)C(=O)Nc1[nH]c(C=C2N=C(NC(=O)C(C)(C)C)C(C(=O)OC3C(C)CC(C)CC3C)=C2c2ccccc2)c(-c2ccccc2)c1C(=O)OC1C(C)CC(C)CC1C. The van der Waals surface area contributed by atoms with E-state index in [0.29, 0.717) is 63.2 Å². The number of hydrogen-bond donors (Lipinski definition) is 3. The zero-order valence-corrected chi connectivity index (χ0v) is 43.1. The van der Waals surface area contributed by atoms with Crippen LogP contribution in [-0.4, -0.2) is 70.4 Å². The molecule has 5 unspecified atom stereocenters. The lowest BCUT2D eigenvalue weighted by molar-refractivity contribution is -0.152. The monoisotopic (exact) mass is 961 g/mol. The number of nitrogens with zero attached hydrogens (tertiary/aromatic N) is 1. The molecule has 1 aliphatic heterocycles. The first kappa shape index (κ1) is 52.7. The molecule has 0 spiro atoms. The lowest BCUT2D eigenvalue weighted by Crippen LogP contribution is -2.42. The average Bonchev–Trinajstić information content (AvgIpc) is 3.82. The molecular formula is C56H72N4O8S. The van der Waals surface area contributed by atoms with Gasteiger partial charge in [0.1, 0.15) is 35.0 Å². The molecule has 2 aliphatic carbocycles. The van der Waals surface area contributed by atoms with E-state index in [2.05, 4.69) is 63.7 Å². The molecule has 3 aliphatic rings. The molecule has 3 N–H and O–H groups in total. The maximum atomic E-state index is 15.0. The minimum absolute atomic E-state index is 0.0604. The molecule has 5 atom stereocenters. The van der Waals surface area contributed by atoms with Crippen molar-refractivity contribution < 1.29 is 38.2 Å². The zero-order valence-electron chi connectivity index (χ0n) is 42.3. The fourth-order valence-electron chi connectivity index (χ4n) is 10.2. The largest absolute Gasteiger partial charge is 0.462 e. The average molecular weight is 961 g/mol. The Morgan fingerprint density at radius 2 is 1.32 bits per heavy atom. The molecule has 2 saturated carbocycles. The highest BCUT2D eigenvalue weighted by Crippen LogP contribution is 2.43. The van der Waals surface area contributed by atoms with Crippen LogP contribution in [0.1, 0.15) is 130 Å². The lowest BCUT2D eigenvalue weighted by Gasteiger charge is -2.37. The van der Waals surface area contributed by atoms with E-state index in [0.717, 1.165) is 25.7 Å². The van der Waals surface area contributed by atoms with Crippen LogP contribution in [0.5, 0.6) is 0 Å². The van der Waals surface area contributed by atoms with Gasteiger partial charge in [-0.15, -0.1) is 11.8 Å². The Labute approximate surface area is 413 Å². The number of benzene rings is 2. The van der Waals surface area contributed by atoms with Crippen molar-refractivity contribution in [2.45, 2.75) is 126 Å². The second kappa shape index (κ2) is 22.8. The first-order valence-corrected chi connectivity index (χ1v) is 25.6. The number of ether oxygens (including phenoxy) is 3. The quantitative estimate of drug-likeness (QED) is 0.0582. The van der Waals surface area contributed by atoms with Gasteiger partial charge in [0.25, 0.3) is 0 Å². The highest BCUT2D eigenvalue weighted by atomic mass is 32.2. The normalized spacial score (nSPS) is 24.8. The molecule has 0 radical (unpaired) electrons. The van der Waals surface area contributed by atoms with Crippen molar-refractivity contribution in [2.75, 3.05) is 17.7 Å². The van der Waals surface area contributed by atoms with Gasteiger partial charge in [-0.25, -0.2) is 19.4 Å². The molecule has 12 nitrogen and oxygen atoms in total. The maximum Gasteiger partial charge on any atom is 0.342 e. The standard InChI is InChI=1S/C56H72N4O8S/c1-31(2)52(62)66-24-19-25-69-38(9)51(61)59-49-45(53(63)67-47-34(5)26-32(3)27-35(47)6)43(39-20-15-13-16-21-39)41(57-49)30-42-44(40-22-17-14-18-23-40)46(50(58-42)60-55(65)56(10,11)12)54(64)68-48-36(7)28-33(4)29-37(48)8/h13-18,20-23,30,32-38,47-48,57H,1,19,24-29H2,2-12H3,(H,59,61)(H,58,60,65). The number of allylic oxidation sites excluding steroid dienone is 1. The third-order valence-corrected chi connectivity index (χ3v) is 14.7. The van der Waals surface area contributed by atoms with Crippen molar-refractivity contribution in [3.8, 4) is 11.1 Å². The molecule has 69 heavy (non-hydrogen) atoms. The second-order valence-electron chi connectivity index (χ2n) is 20.9.